The van der Waals surface area contributed by atoms with E-state index in [4.69, 9.17) is 25.8 Å². The molecule has 7 nitrogen and oxygen atoms in total. The Morgan fingerprint density at radius 2 is 2.03 bits per heavy atom. The average Bonchev–Trinajstić information content (AvgIpc) is 2.74. The second kappa shape index (κ2) is 9.32. The molecule has 156 valence electrons. The van der Waals surface area contributed by atoms with Crippen molar-refractivity contribution in [3.8, 4) is 11.5 Å². The van der Waals surface area contributed by atoms with Crippen LogP contribution in [-0.2, 0) is 4.74 Å². The highest BCUT2D eigenvalue weighted by Gasteiger charge is 2.13. The second-order valence-corrected chi connectivity index (χ2v) is 7.36. The molecule has 0 aliphatic rings. The molecule has 0 radical (unpaired) electrons. The van der Waals surface area contributed by atoms with Gasteiger partial charge in [0.05, 0.1) is 46.8 Å². The molecule has 0 aliphatic carbocycles. The molecular formula is C21H18BrClN2O5. The third kappa shape index (κ3) is 4.49. The van der Waals surface area contributed by atoms with Gasteiger partial charge in [0.25, 0.3) is 5.56 Å². The summed E-state index contributed by atoms with van der Waals surface area (Å²) >= 11 is 9.90. The molecular weight excluding hydrogens is 476 g/mol. The van der Waals surface area contributed by atoms with Crippen molar-refractivity contribution in [2.75, 3.05) is 20.8 Å². The van der Waals surface area contributed by atoms with Gasteiger partial charge in [-0.25, -0.2) is 9.78 Å². The summed E-state index contributed by atoms with van der Waals surface area (Å²) in [6, 6.07) is 8.08. The van der Waals surface area contributed by atoms with Crippen molar-refractivity contribution in [1.29, 1.82) is 0 Å². The van der Waals surface area contributed by atoms with Gasteiger partial charge in [-0.15, -0.1) is 0 Å². The maximum absolute atomic E-state index is 12.4. The largest absolute Gasteiger partial charge is 0.493 e. The minimum atomic E-state index is -0.520. The summed E-state index contributed by atoms with van der Waals surface area (Å²) in [5.41, 5.74) is 0.949. The first-order chi connectivity index (χ1) is 14.4. The van der Waals surface area contributed by atoms with E-state index < -0.39 is 5.97 Å². The first-order valence-electron chi connectivity index (χ1n) is 8.88. The zero-order valence-corrected chi connectivity index (χ0v) is 18.8. The van der Waals surface area contributed by atoms with Crippen molar-refractivity contribution in [3.05, 3.63) is 62.1 Å². The number of benzene rings is 2. The van der Waals surface area contributed by atoms with Crippen molar-refractivity contribution in [3.63, 3.8) is 0 Å². The summed E-state index contributed by atoms with van der Waals surface area (Å²) < 4.78 is 16.4. The number of aromatic nitrogens is 2. The number of H-pyrrole nitrogens is 1. The Labute approximate surface area is 185 Å². The number of hydrogen-bond donors (Lipinski definition) is 1. The average molecular weight is 494 g/mol. The molecule has 30 heavy (non-hydrogen) atoms. The zero-order valence-electron chi connectivity index (χ0n) is 16.4. The van der Waals surface area contributed by atoms with Crippen molar-refractivity contribution in [2.45, 2.75) is 6.92 Å². The molecule has 0 saturated heterocycles. The molecule has 0 bridgehead atoms. The number of methoxy groups -OCH3 is 2. The van der Waals surface area contributed by atoms with Gasteiger partial charge in [-0.1, -0.05) is 11.6 Å². The lowest BCUT2D eigenvalue weighted by Gasteiger charge is -2.12. The van der Waals surface area contributed by atoms with Gasteiger partial charge >= 0.3 is 5.97 Å². The van der Waals surface area contributed by atoms with Gasteiger partial charge in [-0.05, 0) is 64.8 Å². The summed E-state index contributed by atoms with van der Waals surface area (Å²) in [4.78, 5) is 31.3. The summed E-state index contributed by atoms with van der Waals surface area (Å²) in [6.07, 6.45) is 1.64. The van der Waals surface area contributed by atoms with Gasteiger partial charge in [0.2, 0.25) is 0 Å². The number of aromatic amines is 1. The highest BCUT2D eigenvalue weighted by Crippen LogP contribution is 2.37. The van der Waals surface area contributed by atoms with Crippen molar-refractivity contribution in [1.82, 2.24) is 9.97 Å². The number of ether oxygens (including phenoxy) is 3. The van der Waals surface area contributed by atoms with E-state index in [2.05, 4.69) is 25.9 Å². The molecule has 0 spiro atoms. The number of fused-ring (bicyclic) bond motifs is 1. The Kier molecular flexibility index (Phi) is 6.79. The number of esters is 1. The Balaban J connectivity index is 2.06. The van der Waals surface area contributed by atoms with Gasteiger partial charge in [0.15, 0.2) is 17.3 Å². The zero-order chi connectivity index (χ0) is 21.8. The minimum absolute atomic E-state index is 0.167. The summed E-state index contributed by atoms with van der Waals surface area (Å²) in [5.74, 6) is 0.763. The number of carbonyl (C=O) groups is 1. The first-order valence-corrected chi connectivity index (χ1v) is 10.0. The van der Waals surface area contributed by atoms with Crippen LogP contribution in [0.25, 0.3) is 22.0 Å². The van der Waals surface area contributed by atoms with E-state index in [9.17, 15) is 9.59 Å². The number of nitrogens with zero attached hydrogens (tertiary/aromatic N) is 1. The van der Waals surface area contributed by atoms with Crippen LogP contribution in [0, 0.1) is 0 Å². The fourth-order valence-corrected chi connectivity index (χ4v) is 3.61. The summed E-state index contributed by atoms with van der Waals surface area (Å²) in [7, 11) is 2.83. The number of carbonyl (C=O) groups excluding carboxylic acids is 1. The molecule has 0 unspecified atom stereocenters. The SMILES string of the molecule is CCOc1c(Br)cc(/C=C(\Cl)c2nc3cc(C(=O)OC)ccc3c(=O)[nH]2)cc1OC. The highest BCUT2D eigenvalue weighted by molar-refractivity contribution is 9.10. The topological polar surface area (TPSA) is 90.5 Å². The lowest BCUT2D eigenvalue weighted by Crippen LogP contribution is -2.11. The van der Waals surface area contributed by atoms with Gasteiger partial charge in [-0.2, -0.15) is 0 Å². The molecule has 0 fully saturated rings. The molecule has 0 amide bonds. The Bertz CT molecular complexity index is 1210. The molecule has 1 N–H and O–H groups in total. The molecule has 0 aliphatic heterocycles. The molecule has 3 rings (SSSR count). The van der Waals surface area contributed by atoms with E-state index in [0.717, 1.165) is 0 Å². The van der Waals surface area contributed by atoms with E-state index in [-0.39, 0.29) is 22.0 Å². The van der Waals surface area contributed by atoms with E-state index in [0.29, 0.717) is 39.0 Å². The quantitative estimate of drug-likeness (QED) is 0.504. The van der Waals surface area contributed by atoms with Crippen LogP contribution >= 0.6 is 27.5 Å². The van der Waals surface area contributed by atoms with E-state index >= 15 is 0 Å². The normalized spacial score (nSPS) is 11.4. The lowest BCUT2D eigenvalue weighted by atomic mass is 10.1. The molecule has 1 heterocycles. The third-order valence-corrected chi connectivity index (χ3v) is 5.06. The van der Waals surface area contributed by atoms with Gasteiger partial charge in [-0.3, -0.25) is 4.79 Å². The highest BCUT2D eigenvalue weighted by atomic mass is 79.9. The smallest absolute Gasteiger partial charge is 0.337 e. The van der Waals surface area contributed by atoms with Crippen molar-refractivity contribution >= 4 is 55.5 Å². The number of hydrogen-bond acceptors (Lipinski definition) is 6. The molecule has 0 atom stereocenters. The fourth-order valence-electron chi connectivity index (χ4n) is 2.82. The standard InChI is InChI=1S/C21H18BrClN2O5/c1-4-30-18-14(22)7-11(9-17(18)28-2)8-15(23)19-24-16-10-12(21(27)29-3)5-6-13(16)20(26)25-19/h5-10H,4H2,1-3H3,(H,24,25,26)/b15-8-. The third-order valence-electron chi connectivity index (χ3n) is 4.19. The van der Waals surface area contributed by atoms with Crippen molar-refractivity contribution < 1.29 is 19.0 Å². The van der Waals surface area contributed by atoms with E-state index in [1.54, 1.807) is 19.3 Å². The lowest BCUT2D eigenvalue weighted by molar-refractivity contribution is 0.0601. The number of nitrogens with one attached hydrogen (secondary N) is 1. The van der Waals surface area contributed by atoms with Crippen LogP contribution in [0.1, 0.15) is 28.7 Å². The molecule has 3 aromatic rings. The Morgan fingerprint density at radius 3 is 2.70 bits per heavy atom. The first kappa shape index (κ1) is 21.9. The molecule has 2 aromatic carbocycles. The number of halogens is 2. The molecule has 9 heteroatoms. The second-order valence-electron chi connectivity index (χ2n) is 6.10. The van der Waals surface area contributed by atoms with Crippen LogP contribution in [0.15, 0.2) is 39.6 Å². The van der Waals surface area contributed by atoms with Crippen LogP contribution in [0.5, 0.6) is 11.5 Å². The van der Waals surface area contributed by atoms with Crippen LogP contribution in [0.2, 0.25) is 0 Å². The summed E-state index contributed by atoms with van der Waals surface area (Å²) in [6.45, 7) is 2.37. The minimum Gasteiger partial charge on any atom is -0.493 e. The van der Waals surface area contributed by atoms with Crippen LogP contribution in [-0.4, -0.2) is 36.8 Å². The monoisotopic (exact) mass is 492 g/mol. The summed E-state index contributed by atoms with van der Waals surface area (Å²) in [5, 5.41) is 0.539. The van der Waals surface area contributed by atoms with E-state index in [1.165, 1.54) is 25.3 Å². The van der Waals surface area contributed by atoms with E-state index in [1.807, 2.05) is 13.0 Å². The number of rotatable bonds is 6. The predicted octanol–water partition coefficient (Wildman–Crippen LogP) is 4.62. The molecule has 1 aromatic heterocycles. The fraction of sp³-hybridized carbons (Fsp3) is 0.190. The Morgan fingerprint density at radius 1 is 1.27 bits per heavy atom. The van der Waals surface area contributed by atoms with Crippen LogP contribution in [0.3, 0.4) is 0 Å². The maximum Gasteiger partial charge on any atom is 0.337 e. The predicted molar refractivity (Wildman–Crippen MR) is 119 cm³/mol. The van der Waals surface area contributed by atoms with Gasteiger partial charge in [0, 0.05) is 0 Å². The van der Waals surface area contributed by atoms with Crippen molar-refractivity contribution in [2.24, 2.45) is 0 Å². The van der Waals surface area contributed by atoms with Gasteiger partial charge < -0.3 is 19.2 Å². The van der Waals surface area contributed by atoms with Crippen LogP contribution in [0.4, 0.5) is 0 Å². The maximum atomic E-state index is 12.4. The van der Waals surface area contributed by atoms with Gasteiger partial charge in [0.1, 0.15) is 0 Å². The molecule has 0 saturated carbocycles. The Hall–Kier alpha value is -2.84. The van der Waals surface area contributed by atoms with Crippen LogP contribution < -0.4 is 15.0 Å².